The molecule has 3 rings (SSSR count). The van der Waals surface area contributed by atoms with Gasteiger partial charge in [-0.15, -0.1) is 0 Å². The first kappa shape index (κ1) is 15.1. The number of amides is 1. The number of rotatable bonds is 3. The Labute approximate surface area is 134 Å². The topological polar surface area (TPSA) is 69.6 Å². The number of nitrogens with one attached hydrogen (secondary N) is 1. The fourth-order valence-electron chi connectivity index (χ4n) is 2.88. The van der Waals surface area contributed by atoms with Gasteiger partial charge in [0.1, 0.15) is 5.54 Å². The average molecular weight is 310 g/mol. The maximum absolute atomic E-state index is 12.9. The van der Waals surface area contributed by atoms with Crippen molar-refractivity contribution >= 4 is 23.3 Å². The van der Waals surface area contributed by atoms with Gasteiger partial charge in [0, 0.05) is 0 Å². The Morgan fingerprint density at radius 1 is 1.09 bits per heavy atom. The smallest absolute Gasteiger partial charge is 0.331 e. The van der Waals surface area contributed by atoms with Crippen molar-refractivity contribution in [3.63, 3.8) is 0 Å². The van der Waals surface area contributed by atoms with Crippen LogP contribution in [0.5, 0.6) is 0 Å². The van der Waals surface area contributed by atoms with Crippen molar-refractivity contribution in [2.24, 2.45) is 0 Å². The third-order valence-corrected chi connectivity index (χ3v) is 3.97. The van der Waals surface area contributed by atoms with E-state index in [1.807, 2.05) is 18.2 Å². The lowest BCUT2D eigenvalue weighted by molar-refractivity contribution is -0.140. The molecule has 0 spiro atoms. The molecule has 0 fully saturated rings. The second-order valence-corrected chi connectivity index (χ2v) is 6.09. The summed E-state index contributed by atoms with van der Waals surface area (Å²) in [7, 11) is 0. The predicted molar refractivity (Wildman–Crippen MR) is 88.4 cm³/mol. The number of para-hydroxylation sites is 2. The Bertz CT molecular complexity index is 756. The molecular formula is C18H18N2O3. The van der Waals surface area contributed by atoms with Crippen LogP contribution < -0.4 is 10.2 Å². The minimum Gasteiger partial charge on any atom is -0.479 e. The van der Waals surface area contributed by atoms with Crippen LogP contribution in [0, 0.1) is 0 Å². The van der Waals surface area contributed by atoms with Crippen molar-refractivity contribution < 1.29 is 14.7 Å². The third-order valence-electron chi connectivity index (χ3n) is 3.97. The third kappa shape index (κ3) is 2.54. The van der Waals surface area contributed by atoms with E-state index in [0.29, 0.717) is 11.3 Å². The number of carbonyl (C=O) groups excluding carboxylic acids is 1. The molecule has 23 heavy (non-hydrogen) atoms. The fourth-order valence-corrected chi connectivity index (χ4v) is 2.88. The molecule has 1 aliphatic heterocycles. The summed E-state index contributed by atoms with van der Waals surface area (Å²) in [6.07, 6.45) is 0. The van der Waals surface area contributed by atoms with Crippen LogP contribution in [0.4, 0.5) is 11.4 Å². The number of carboxylic acid groups (broad SMARTS) is 1. The summed E-state index contributed by atoms with van der Waals surface area (Å²) in [6.45, 7) is 3.50. The molecule has 5 nitrogen and oxygen atoms in total. The zero-order chi connectivity index (χ0) is 16.6. The van der Waals surface area contributed by atoms with E-state index in [2.05, 4.69) is 5.32 Å². The predicted octanol–water partition coefficient (Wildman–Crippen LogP) is 3.05. The largest absolute Gasteiger partial charge is 0.479 e. The number of carboxylic acids is 1. The molecule has 0 radical (unpaired) electrons. The van der Waals surface area contributed by atoms with Crippen molar-refractivity contribution in [2.75, 3.05) is 10.2 Å². The Balaban J connectivity index is 2.19. The van der Waals surface area contributed by atoms with Gasteiger partial charge >= 0.3 is 5.97 Å². The Morgan fingerprint density at radius 2 is 1.70 bits per heavy atom. The van der Waals surface area contributed by atoms with Crippen LogP contribution in [-0.4, -0.2) is 22.5 Å². The normalized spacial score (nSPS) is 17.1. The average Bonchev–Trinajstić information content (AvgIpc) is 2.52. The highest BCUT2D eigenvalue weighted by Gasteiger charge is 2.44. The molecule has 0 saturated heterocycles. The van der Waals surface area contributed by atoms with Gasteiger partial charge in [0.25, 0.3) is 5.91 Å². The Morgan fingerprint density at radius 3 is 2.35 bits per heavy atom. The van der Waals surface area contributed by atoms with Crippen LogP contribution in [0.15, 0.2) is 54.6 Å². The van der Waals surface area contributed by atoms with Crippen molar-refractivity contribution in [1.29, 1.82) is 0 Å². The standard InChI is InChI=1S/C18H18N2O3/c1-18(2)17(23)20(14-11-7-6-10-13(14)19-18)15(16(21)22)12-8-4-3-5-9-12/h3-11,15,19H,1-2H3,(H,21,22). The highest BCUT2D eigenvalue weighted by Crippen LogP contribution is 2.40. The van der Waals surface area contributed by atoms with Gasteiger partial charge in [-0.2, -0.15) is 0 Å². The van der Waals surface area contributed by atoms with Gasteiger partial charge in [0.2, 0.25) is 0 Å². The van der Waals surface area contributed by atoms with Gasteiger partial charge in [0.15, 0.2) is 6.04 Å². The van der Waals surface area contributed by atoms with Gasteiger partial charge < -0.3 is 10.4 Å². The summed E-state index contributed by atoms with van der Waals surface area (Å²) in [5.41, 5.74) is 1.02. The van der Waals surface area contributed by atoms with E-state index in [9.17, 15) is 14.7 Å². The summed E-state index contributed by atoms with van der Waals surface area (Å²) in [5.74, 6) is -1.33. The van der Waals surface area contributed by atoms with E-state index >= 15 is 0 Å². The summed E-state index contributed by atoms with van der Waals surface area (Å²) in [6, 6.07) is 15.0. The van der Waals surface area contributed by atoms with Crippen LogP contribution in [0.3, 0.4) is 0 Å². The highest BCUT2D eigenvalue weighted by molar-refractivity contribution is 6.10. The number of benzene rings is 2. The van der Waals surface area contributed by atoms with E-state index in [1.165, 1.54) is 4.90 Å². The monoisotopic (exact) mass is 310 g/mol. The molecule has 1 heterocycles. The second kappa shape index (κ2) is 5.43. The number of hydrogen-bond donors (Lipinski definition) is 2. The van der Waals surface area contributed by atoms with Crippen LogP contribution in [0.2, 0.25) is 0 Å². The molecule has 2 aromatic carbocycles. The summed E-state index contributed by atoms with van der Waals surface area (Å²) in [5, 5.41) is 13.0. The number of aliphatic carboxylic acids is 1. The zero-order valence-corrected chi connectivity index (χ0v) is 13.0. The quantitative estimate of drug-likeness (QED) is 0.914. The molecule has 5 heteroatoms. The number of carbonyl (C=O) groups is 2. The van der Waals surface area contributed by atoms with Crippen LogP contribution >= 0.6 is 0 Å². The first-order valence-electron chi connectivity index (χ1n) is 7.40. The van der Waals surface area contributed by atoms with E-state index in [1.54, 1.807) is 50.2 Å². The van der Waals surface area contributed by atoms with Crippen molar-refractivity contribution in [1.82, 2.24) is 0 Å². The van der Waals surface area contributed by atoms with E-state index < -0.39 is 17.6 Å². The summed E-state index contributed by atoms with van der Waals surface area (Å²) >= 11 is 0. The van der Waals surface area contributed by atoms with Crippen LogP contribution in [0.25, 0.3) is 0 Å². The molecule has 118 valence electrons. The Hall–Kier alpha value is -2.82. The molecule has 0 saturated carbocycles. The van der Waals surface area contributed by atoms with Crippen LogP contribution in [0.1, 0.15) is 25.5 Å². The summed E-state index contributed by atoms with van der Waals surface area (Å²) < 4.78 is 0. The van der Waals surface area contributed by atoms with Gasteiger partial charge in [-0.1, -0.05) is 42.5 Å². The lowest BCUT2D eigenvalue weighted by Gasteiger charge is -2.42. The zero-order valence-electron chi connectivity index (χ0n) is 13.0. The first-order chi connectivity index (χ1) is 10.9. The number of nitrogens with zero attached hydrogens (tertiary/aromatic N) is 1. The molecule has 2 aromatic rings. The van der Waals surface area contributed by atoms with Gasteiger partial charge in [-0.25, -0.2) is 4.79 Å². The van der Waals surface area contributed by atoms with Gasteiger partial charge in [-0.3, -0.25) is 9.69 Å². The van der Waals surface area contributed by atoms with E-state index in [4.69, 9.17) is 0 Å². The maximum Gasteiger partial charge on any atom is 0.331 e. The highest BCUT2D eigenvalue weighted by atomic mass is 16.4. The second-order valence-electron chi connectivity index (χ2n) is 6.09. The summed E-state index contributed by atoms with van der Waals surface area (Å²) in [4.78, 5) is 26.3. The number of hydrogen-bond acceptors (Lipinski definition) is 3. The number of fused-ring (bicyclic) bond motifs is 1. The van der Waals surface area contributed by atoms with Crippen molar-refractivity contribution in [3.8, 4) is 0 Å². The number of anilines is 2. The molecule has 1 unspecified atom stereocenters. The SMILES string of the molecule is CC1(C)Nc2ccccc2N(C(C(=O)O)c2ccccc2)C1=O. The fraction of sp³-hybridized carbons (Fsp3) is 0.222. The first-order valence-corrected chi connectivity index (χ1v) is 7.40. The molecule has 0 aromatic heterocycles. The minimum atomic E-state index is -1.06. The molecule has 0 bridgehead atoms. The lowest BCUT2D eigenvalue weighted by Crippen LogP contribution is -2.56. The molecule has 1 atom stereocenters. The van der Waals surface area contributed by atoms with E-state index in [0.717, 1.165) is 5.69 Å². The maximum atomic E-state index is 12.9. The van der Waals surface area contributed by atoms with Crippen molar-refractivity contribution in [3.05, 3.63) is 60.2 Å². The lowest BCUT2D eigenvalue weighted by atomic mass is 9.94. The van der Waals surface area contributed by atoms with E-state index in [-0.39, 0.29) is 5.91 Å². The van der Waals surface area contributed by atoms with Crippen LogP contribution in [-0.2, 0) is 9.59 Å². The van der Waals surface area contributed by atoms with Crippen molar-refractivity contribution in [2.45, 2.75) is 25.4 Å². The molecular weight excluding hydrogens is 292 g/mol. The van der Waals surface area contributed by atoms with Gasteiger partial charge in [0.05, 0.1) is 11.4 Å². The minimum absolute atomic E-state index is 0.271. The molecule has 0 aliphatic carbocycles. The van der Waals surface area contributed by atoms with Gasteiger partial charge in [-0.05, 0) is 31.5 Å². The Kier molecular flexibility index (Phi) is 3.56. The molecule has 2 N–H and O–H groups in total. The molecule has 1 amide bonds. The molecule has 1 aliphatic rings.